The van der Waals surface area contributed by atoms with Crippen LogP contribution in [0.5, 0.6) is 11.5 Å². The number of anilines is 1. The van der Waals surface area contributed by atoms with E-state index >= 15 is 0 Å². The first-order chi connectivity index (χ1) is 10.6. The van der Waals surface area contributed by atoms with Crippen LogP contribution in [0.3, 0.4) is 0 Å². The van der Waals surface area contributed by atoms with Gasteiger partial charge in [0, 0.05) is 23.9 Å². The molecule has 4 nitrogen and oxygen atoms in total. The van der Waals surface area contributed by atoms with Crippen LogP contribution in [0.1, 0.15) is 15.9 Å². The minimum atomic E-state index is -0.0608. The summed E-state index contributed by atoms with van der Waals surface area (Å²) < 4.78 is 10.4. The van der Waals surface area contributed by atoms with Gasteiger partial charge >= 0.3 is 0 Å². The van der Waals surface area contributed by atoms with Gasteiger partial charge in [-0.3, -0.25) is 4.79 Å². The Kier molecular flexibility index (Phi) is 5.20. The van der Waals surface area contributed by atoms with Gasteiger partial charge in [0.1, 0.15) is 11.5 Å². The Hall–Kier alpha value is -2.75. The van der Waals surface area contributed by atoms with Crippen LogP contribution < -0.4 is 14.8 Å². The fourth-order valence-corrected chi connectivity index (χ4v) is 1.95. The number of ketones is 1. The molecular weight excluding hydrogens is 278 g/mol. The third kappa shape index (κ3) is 3.88. The second kappa shape index (κ2) is 7.31. The van der Waals surface area contributed by atoms with Crippen molar-refractivity contribution in [1.82, 2.24) is 0 Å². The van der Waals surface area contributed by atoms with Crippen molar-refractivity contribution in [1.29, 1.82) is 0 Å². The zero-order chi connectivity index (χ0) is 15.9. The first kappa shape index (κ1) is 15.6. The normalized spacial score (nSPS) is 10.5. The van der Waals surface area contributed by atoms with E-state index in [0.717, 1.165) is 11.3 Å². The number of carbonyl (C=O) groups is 1. The highest BCUT2D eigenvalue weighted by Gasteiger charge is 2.04. The Balaban J connectivity index is 2.08. The summed E-state index contributed by atoms with van der Waals surface area (Å²) in [5, 5.41) is 3.04. The van der Waals surface area contributed by atoms with Gasteiger partial charge in [0.2, 0.25) is 0 Å². The monoisotopic (exact) mass is 297 g/mol. The Morgan fingerprint density at radius 3 is 2.41 bits per heavy atom. The molecule has 0 aliphatic heterocycles. The van der Waals surface area contributed by atoms with E-state index < -0.39 is 0 Å². The molecular formula is C18H19NO3. The molecule has 0 saturated carbocycles. The zero-order valence-electron chi connectivity index (χ0n) is 12.9. The van der Waals surface area contributed by atoms with Crippen LogP contribution in [0.25, 0.3) is 0 Å². The summed E-state index contributed by atoms with van der Waals surface area (Å²) in [6.45, 7) is 1.99. The molecule has 0 saturated heterocycles. The molecule has 22 heavy (non-hydrogen) atoms. The van der Waals surface area contributed by atoms with Crippen molar-refractivity contribution >= 4 is 11.5 Å². The molecule has 0 unspecified atom stereocenters. The maximum atomic E-state index is 12.0. The standard InChI is InChI=1S/C18H19NO3/c1-13-4-6-14(7-5-13)17(20)10-11-19-16-12-15(21-2)8-9-18(16)22-3/h4-12,19H,1-3H3/b11-10-. The molecule has 0 spiro atoms. The fourth-order valence-electron chi connectivity index (χ4n) is 1.95. The van der Waals surface area contributed by atoms with Crippen LogP contribution in [-0.2, 0) is 0 Å². The molecule has 0 heterocycles. The second-order valence-electron chi connectivity index (χ2n) is 4.77. The Morgan fingerprint density at radius 2 is 1.77 bits per heavy atom. The summed E-state index contributed by atoms with van der Waals surface area (Å²) in [6.07, 6.45) is 3.09. The SMILES string of the molecule is COc1ccc(OC)c(N/C=C\C(=O)c2ccc(C)cc2)c1. The van der Waals surface area contributed by atoms with Crippen LogP contribution in [0.2, 0.25) is 0 Å². The first-order valence-corrected chi connectivity index (χ1v) is 6.90. The van der Waals surface area contributed by atoms with E-state index in [0.29, 0.717) is 17.1 Å². The van der Waals surface area contributed by atoms with Crippen molar-refractivity contribution in [2.75, 3.05) is 19.5 Å². The number of carbonyl (C=O) groups excluding carboxylic acids is 1. The summed E-state index contributed by atoms with van der Waals surface area (Å²) in [5.74, 6) is 1.32. The summed E-state index contributed by atoms with van der Waals surface area (Å²) >= 11 is 0. The molecule has 0 aliphatic carbocycles. The summed E-state index contributed by atoms with van der Waals surface area (Å²) in [7, 11) is 3.19. The summed E-state index contributed by atoms with van der Waals surface area (Å²) in [5.41, 5.74) is 2.51. The molecule has 2 aromatic rings. The smallest absolute Gasteiger partial charge is 0.187 e. The highest BCUT2D eigenvalue weighted by Crippen LogP contribution is 2.28. The number of benzene rings is 2. The number of hydrogen-bond donors (Lipinski definition) is 1. The van der Waals surface area contributed by atoms with Gasteiger partial charge in [-0.2, -0.15) is 0 Å². The number of hydrogen-bond acceptors (Lipinski definition) is 4. The van der Waals surface area contributed by atoms with Gasteiger partial charge in [-0.1, -0.05) is 29.8 Å². The highest BCUT2D eigenvalue weighted by atomic mass is 16.5. The van der Waals surface area contributed by atoms with Crippen LogP contribution in [0.15, 0.2) is 54.7 Å². The van der Waals surface area contributed by atoms with Crippen molar-refractivity contribution < 1.29 is 14.3 Å². The lowest BCUT2D eigenvalue weighted by Crippen LogP contribution is -1.98. The van der Waals surface area contributed by atoms with Gasteiger partial charge < -0.3 is 14.8 Å². The number of methoxy groups -OCH3 is 2. The third-order valence-corrected chi connectivity index (χ3v) is 3.22. The van der Waals surface area contributed by atoms with Crippen molar-refractivity contribution in [3.8, 4) is 11.5 Å². The lowest BCUT2D eigenvalue weighted by atomic mass is 10.1. The van der Waals surface area contributed by atoms with Crippen molar-refractivity contribution in [2.24, 2.45) is 0 Å². The predicted octanol–water partition coefficient (Wildman–Crippen LogP) is 3.82. The molecule has 0 aromatic heterocycles. The molecule has 0 amide bonds. The molecule has 114 valence electrons. The van der Waals surface area contributed by atoms with Gasteiger partial charge in [0.05, 0.1) is 19.9 Å². The van der Waals surface area contributed by atoms with E-state index in [2.05, 4.69) is 5.32 Å². The van der Waals surface area contributed by atoms with E-state index in [-0.39, 0.29) is 5.78 Å². The number of aryl methyl sites for hydroxylation is 1. The molecule has 0 atom stereocenters. The quantitative estimate of drug-likeness (QED) is 0.650. The van der Waals surface area contributed by atoms with Crippen molar-refractivity contribution in [2.45, 2.75) is 6.92 Å². The zero-order valence-corrected chi connectivity index (χ0v) is 12.9. The minimum absolute atomic E-state index is 0.0608. The van der Waals surface area contributed by atoms with Crippen molar-refractivity contribution in [3.63, 3.8) is 0 Å². The molecule has 1 N–H and O–H groups in total. The fraction of sp³-hybridized carbons (Fsp3) is 0.167. The number of allylic oxidation sites excluding steroid dienone is 1. The van der Waals surface area contributed by atoms with Crippen LogP contribution in [0.4, 0.5) is 5.69 Å². The van der Waals surface area contributed by atoms with E-state index in [9.17, 15) is 4.79 Å². The average Bonchev–Trinajstić information content (AvgIpc) is 2.55. The Morgan fingerprint density at radius 1 is 1.05 bits per heavy atom. The maximum absolute atomic E-state index is 12.0. The third-order valence-electron chi connectivity index (χ3n) is 3.22. The molecule has 0 fully saturated rings. The molecule has 0 radical (unpaired) electrons. The molecule has 2 aromatic carbocycles. The van der Waals surface area contributed by atoms with E-state index in [1.54, 1.807) is 32.6 Å². The molecule has 0 bridgehead atoms. The first-order valence-electron chi connectivity index (χ1n) is 6.90. The van der Waals surface area contributed by atoms with Gasteiger partial charge in [0.15, 0.2) is 5.78 Å². The molecule has 4 heteroatoms. The van der Waals surface area contributed by atoms with Crippen molar-refractivity contribution in [3.05, 3.63) is 65.9 Å². The maximum Gasteiger partial charge on any atom is 0.187 e. The van der Waals surface area contributed by atoms with Crippen LogP contribution >= 0.6 is 0 Å². The average molecular weight is 297 g/mol. The molecule has 2 rings (SSSR count). The van der Waals surface area contributed by atoms with Gasteiger partial charge in [0.25, 0.3) is 0 Å². The number of ether oxygens (including phenoxy) is 2. The summed E-state index contributed by atoms with van der Waals surface area (Å²) in [6, 6.07) is 12.9. The van der Waals surface area contributed by atoms with E-state index in [1.807, 2.05) is 37.3 Å². The van der Waals surface area contributed by atoms with Crippen LogP contribution in [-0.4, -0.2) is 20.0 Å². The topological polar surface area (TPSA) is 47.6 Å². The van der Waals surface area contributed by atoms with E-state index in [4.69, 9.17) is 9.47 Å². The predicted molar refractivity (Wildman–Crippen MR) is 87.8 cm³/mol. The lowest BCUT2D eigenvalue weighted by molar-refractivity contribution is 0.104. The van der Waals surface area contributed by atoms with E-state index in [1.165, 1.54) is 6.08 Å². The van der Waals surface area contributed by atoms with Gasteiger partial charge in [-0.15, -0.1) is 0 Å². The van der Waals surface area contributed by atoms with Gasteiger partial charge in [-0.25, -0.2) is 0 Å². The largest absolute Gasteiger partial charge is 0.497 e. The van der Waals surface area contributed by atoms with Crippen LogP contribution in [0, 0.1) is 6.92 Å². The molecule has 0 aliphatic rings. The Labute approximate surface area is 130 Å². The minimum Gasteiger partial charge on any atom is -0.497 e. The Bertz CT molecular complexity index is 675. The highest BCUT2D eigenvalue weighted by molar-refractivity contribution is 6.04. The lowest BCUT2D eigenvalue weighted by Gasteiger charge is -2.09. The summed E-state index contributed by atoms with van der Waals surface area (Å²) in [4.78, 5) is 12.0. The number of rotatable bonds is 6. The number of nitrogens with one attached hydrogen (secondary N) is 1. The van der Waals surface area contributed by atoms with Gasteiger partial charge in [-0.05, 0) is 19.1 Å². The second-order valence-corrected chi connectivity index (χ2v) is 4.77.